The van der Waals surface area contributed by atoms with Gasteiger partial charge in [0.1, 0.15) is 18.1 Å². The van der Waals surface area contributed by atoms with E-state index >= 15 is 0 Å². The van der Waals surface area contributed by atoms with Gasteiger partial charge in [-0.15, -0.1) is 10.2 Å². The summed E-state index contributed by atoms with van der Waals surface area (Å²) >= 11 is 0. The van der Waals surface area contributed by atoms with Gasteiger partial charge in [-0.3, -0.25) is 0 Å². The minimum absolute atomic E-state index is 0.179. The van der Waals surface area contributed by atoms with Crippen LogP contribution in [-0.4, -0.2) is 33.9 Å². The lowest BCUT2D eigenvalue weighted by Crippen LogP contribution is -2.43. The van der Waals surface area contributed by atoms with E-state index in [1.54, 1.807) is 0 Å². The average Bonchev–Trinajstić information content (AvgIpc) is 3.09. The first-order valence-corrected chi connectivity index (χ1v) is 11.2. The molecule has 1 aromatic carbocycles. The van der Waals surface area contributed by atoms with Crippen LogP contribution in [0.4, 0.5) is 0 Å². The molecule has 30 heavy (non-hydrogen) atoms. The average molecular weight is 413 g/mol. The highest BCUT2D eigenvalue weighted by molar-refractivity contribution is 5.80. The molecule has 0 aliphatic carbocycles. The maximum Gasteiger partial charge on any atom is 0.192 e. The predicted octanol–water partition coefficient (Wildman–Crippen LogP) is 3.90. The smallest absolute Gasteiger partial charge is 0.192 e. The lowest BCUT2D eigenvalue weighted by Gasteiger charge is -2.28. The van der Waals surface area contributed by atoms with Crippen molar-refractivity contribution in [1.82, 2.24) is 25.4 Å². The minimum Gasteiger partial charge on any atom is -0.493 e. The Kier molecular flexibility index (Phi) is 8.11. The highest BCUT2D eigenvalue weighted by Crippen LogP contribution is 2.31. The summed E-state index contributed by atoms with van der Waals surface area (Å²) in [4.78, 5) is 4.85. The van der Waals surface area contributed by atoms with Gasteiger partial charge in [0, 0.05) is 25.6 Å². The Hall–Kier alpha value is -2.57. The molecule has 0 fully saturated rings. The van der Waals surface area contributed by atoms with Gasteiger partial charge in [0.05, 0.1) is 12.6 Å². The minimum atomic E-state index is 0.179. The van der Waals surface area contributed by atoms with Crippen LogP contribution in [0.25, 0.3) is 0 Å². The van der Waals surface area contributed by atoms with Crippen molar-refractivity contribution in [1.29, 1.82) is 0 Å². The van der Waals surface area contributed by atoms with Gasteiger partial charge in [-0.25, -0.2) is 4.99 Å². The molecule has 2 N–H and O–H groups in total. The second kappa shape index (κ2) is 11.0. The van der Waals surface area contributed by atoms with Crippen LogP contribution < -0.4 is 15.4 Å². The summed E-state index contributed by atoms with van der Waals surface area (Å²) in [6, 6.07) is 8.43. The summed E-state index contributed by atoms with van der Waals surface area (Å²) in [6.07, 6.45) is 5.83. The fraction of sp³-hybridized carbons (Fsp3) is 0.609. The number of para-hydroxylation sites is 1. The number of guanidine groups is 1. The zero-order valence-electron chi connectivity index (χ0n) is 18.8. The van der Waals surface area contributed by atoms with Gasteiger partial charge < -0.3 is 19.9 Å². The van der Waals surface area contributed by atoms with Crippen LogP contribution in [-0.2, 0) is 13.6 Å². The van der Waals surface area contributed by atoms with Crippen molar-refractivity contribution in [2.24, 2.45) is 18.0 Å². The molecule has 0 saturated carbocycles. The number of nitrogens with zero attached hydrogens (tertiary/aromatic N) is 4. The molecule has 3 rings (SSSR count). The summed E-state index contributed by atoms with van der Waals surface area (Å²) in [5.74, 6) is 4.19. The van der Waals surface area contributed by atoms with Crippen LogP contribution in [0.5, 0.6) is 5.75 Å². The zero-order chi connectivity index (χ0) is 21.3. The van der Waals surface area contributed by atoms with Gasteiger partial charge in [-0.1, -0.05) is 51.3 Å². The number of aryl methyl sites for hydroxylation is 1. The van der Waals surface area contributed by atoms with E-state index < -0.39 is 0 Å². The maximum atomic E-state index is 5.82. The van der Waals surface area contributed by atoms with Crippen molar-refractivity contribution in [2.75, 3.05) is 13.2 Å². The molecule has 7 nitrogen and oxygen atoms in total. The van der Waals surface area contributed by atoms with Crippen LogP contribution in [0.3, 0.4) is 0 Å². The highest BCUT2D eigenvalue weighted by atomic mass is 16.5. The van der Waals surface area contributed by atoms with Gasteiger partial charge in [0.15, 0.2) is 11.8 Å². The van der Waals surface area contributed by atoms with Gasteiger partial charge >= 0.3 is 0 Å². The van der Waals surface area contributed by atoms with Gasteiger partial charge in [-0.2, -0.15) is 0 Å². The van der Waals surface area contributed by atoms with E-state index in [9.17, 15) is 0 Å². The Balaban J connectivity index is 1.73. The number of hydrogen-bond acceptors (Lipinski definition) is 4. The van der Waals surface area contributed by atoms with E-state index in [1.165, 1.54) is 31.2 Å². The van der Waals surface area contributed by atoms with Crippen molar-refractivity contribution in [2.45, 2.75) is 65.5 Å². The molecule has 0 bridgehead atoms. The molecule has 0 saturated heterocycles. The number of ether oxygens (including phenoxy) is 1. The SMILES string of the molecule is CCCCC(CC)CNC(=NCc1nnc(C)n1C)NC1CCOc2ccccc21. The Morgan fingerprint density at radius 3 is 2.87 bits per heavy atom. The van der Waals surface area contributed by atoms with Crippen LogP contribution in [0.1, 0.15) is 69.2 Å². The third-order valence-corrected chi connectivity index (χ3v) is 5.93. The summed E-state index contributed by atoms with van der Waals surface area (Å²) in [5, 5.41) is 15.6. The predicted molar refractivity (Wildman–Crippen MR) is 121 cm³/mol. The summed E-state index contributed by atoms with van der Waals surface area (Å²) in [6.45, 7) is 8.59. The van der Waals surface area contributed by atoms with E-state index in [0.717, 1.165) is 36.3 Å². The topological polar surface area (TPSA) is 76.4 Å². The Morgan fingerprint density at radius 2 is 2.13 bits per heavy atom. The fourth-order valence-electron chi connectivity index (χ4n) is 3.73. The van der Waals surface area contributed by atoms with E-state index in [-0.39, 0.29) is 6.04 Å². The standard InChI is InChI=1S/C23H36N6O/c1-5-7-10-18(6-2)15-24-23(25-16-22-28-27-17(3)29(22)4)26-20-13-14-30-21-12-9-8-11-19(20)21/h8-9,11-12,18,20H,5-7,10,13-16H2,1-4H3,(H2,24,25,26). The molecular weight excluding hydrogens is 376 g/mol. The molecule has 2 heterocycles. The van der Waals surface area contributed by atoms with E-state index in [1.807, 2.05) is 30.7 Å². The Labute approximate surface area is 180 Å². The highest BCUT2D eigenvalue weighted by Gasteiger charge is 2.22. The van der Waals surface area contributed by atoms with Crippen molar-refractivity contribution in [3.8, 4) is 5.75 Å². The van der Waals surface area contributed by atoms with Crippen LogP contribution in [0, 0.1) is 12.8 Å². The first-order chi connectivity index (χ1) is 14.6. The third-order valence-electron chi connectivity index (χ3n) is 5.93. The van der Waals surface area contributed by atoms with Crippen LogP contribution in [0.2, 0.25) is 0 Å². The van der Waals surface area contributed by atoms with Crippen LogP contribution in [0.15, 0.2) is 29.3 Å². The number of hydrogen-bond donors (Lipinski definition) is 2. The Bertz CT molecular complexity index is 831. The lowest BCUT2D eigenvalue weighted by atomic mass is 9.99. The summed E-state index contributed by atoms with van der Waals surface area (Å²) < 4.78 is 7.81. The normalized spacial score (nSPS) is 17.2. The van der Waals surface area contributed by atoms with Crippen LogP contribution >= 0.6 is 0 Å². The molecule has 1 aliphatic heterocycles. The number of unbranched alkanes of at least 4 members (excludes halogenated alkanes) is 1. The first kappa shape index (κ1) is 22.1. The molecule has 0 amide bonds. The van der Waals surface area contributed by atoms with E-state index in [0.29, 0.717) is 19.1 Å². The molecule has 0 radical (unpaired) electrons. The number of benzene rings is 1. The largest absolute Gasteiger partial charge is 0.493 e. The van der Waals surface area contributed by atoms with Crippen molar-refractivity contribution < 1.29 is 4.74 Å². The third kappa shape index (κ3) is 5.74. The molecule has 2 unspecified atom stereocenters. The number of rotatable bonds is 9. The van der Waals surface area contributed by atoms with Gasteiger partial charge in [-0.05, 0) is 25.3 Å². The maximum absolute atomic E-state index is 5.82. The number of aromatic nitrogens is 3. The number of nitrogens with one attached hydrogen (secondary N) is 2. The second-order valence-electron chi connectivity index (χ2n) is 8.06. The van der Waals surface area contributed by atoms with Crippen molar-refractivity contribution in [3.63, 3.8) is 0 Å². The number of fused-ring (bicyclic) bond motifs is 1. The zero-order valence-corrected chi connectivity index (χ0v) is 18.8. The van der Waals surface area contributed by atoms with E-state index in [2.05, 4.69) is 46.8 Å². The molecule has 2 atom stereocenters. The molecule has 1 aromatic heterocycles. The molecule has 7 heteroatoms. The first-order valence-electron chi connectivity index (χ1n) is 11.2. The molecule has 1 aliphatic rings. The van der Waals surface area contributed by atoms with Crippen molar-refractivity contribution >= 4 is 5.96 Å². The molecule has 0 spiro atoms. The quantitative estimate of drug-likeness (QED) is 0.483. The molecule has 164 valence electrons. The lowest BCUT2D eigenvalue weighted by molar-refractivity contribution is 0.261. The monoisotopic (exact) mass is 412 g/mol. The summed E-state index contributed by atoms with van der Waals surface area (Å²) in [5.41, 5.74) is 1.19. The second-order valence-corrected chi connectivity index (χ2v) is 8.06. The van der Waals surface area contributed by atoms with E-state index in [4.69, 9.17) is 9.73 Å². The molecular formula is C23H36N6O. The van der Waals surface area contributed by atoms with Crippen molar-refractivity contribution in [3.05, 3.63) is 41.5 Å². The van der Waals surface area contributed by atoms with Gasteiger partial charge in [0.2, 0.25) is 0 Å². The fourth-order valence-corrected chi connectivity index (χ4v) is 3.73. The van der Waals surface area contributed by atoms with Gasteiger partial charge in [0.25, 0.3) is 0 Å². The number of aliphatic imine (C=N–C) groups is 1. The molecule has 2 aromatic rings. The Morgan fingerprint density at radius 1 is 1.30 bits per heavy atom. The summed E-state index contributed by atoms with van der Waals surface area (Å²) in [7, 11) is 1.98.